The molecule has 1 amide bonds. The highest BCUT2D eigenvalue weighted by Gasteiger charge is 2.31. The quantitative estimate of drug-likeness (QED) is 0.430. The number of para-hydroxylation sites is 1. The maximum absolute atomic E-state index is 13.5. The number of carbonyl (C=O) groups is 1. The first kappa shape index (κ1) is 20.9. The lowest BCUT2D eigenvalue weighted by Gasteiger charge is -2.23. The Balaban J connectivity index is 1.42. The lowest BCUT2D eigenvalue weighted by molar-refractivity contribution is 0.0989. The predicted molar refractivity (Wildman–Crippen MR) is 129 cm³/mol. The molecule has 0 N–H and O–H groups in total. The van der Waals surface area contributed by atoms with Crippen molar-refractivity contribution in [2.45, 2.75) is 20.3 Å². The number of rotatable bonds is 6. The van der Waals surface area contributed by atoms with E-state index in [1.165, 1.54) is 0 Å². The van der Waals surface area contributed by atoms with E-state index in [4.69, 9.17) is 9.72 Å². The topological polar surface area (TPSA) is 71.5 Å². The summed E-state index contributed by atoms with van der Waals surface area (Å²) in [4.78, 5) is 30.9. The SMILES string of the molecule is CCN1C(=O)c2cc(CCOc3ccnc4ccccc34)cnc2N(CC)c2ncccc21. The van der Waals surface area contributed by atoms with Gasteiger partial charge in [-0.1, -0.05) is 12.1 Å². The Morgan fingerprint density at radius 3 is 2.58 bits per heavy atom. The van der Waals surface area contributed by atoms with E-state index in [2.05, 4.69) is 9.97 Å². The molecular formula is C26H25N5O2. The van der Waals surface area contributed by atoms with E-state index in [1.54, 1.807) is 17.3 Å². The first-order chi connectivity index (χ1) is 16.2. The van der Waals surface area contributed by atoms with Gasteiger partial charge in [0.25, 0.3) is 5.91 Å². The lowest BCUT2D eigenvalue weighted by atomic mass is 10.1. The van der Waals surface area contributed by atoms with Gasteiger partial charge in [-0.05, 0) is 55.8 Å². The van der Waals surface area contributed by atoms with Crippen molar-refractivity contribution in [2.75, 3.05) is 29.5 Å². The van der Waals surface area contributed by atoms with Crippen molar-refractivity contribution in [1.82, 2.24) is 15.0 Å². The smallest absolute Gasteiger partial charge is 0.262 e. The van der Waals surface area contributed by atoms with Crippen LogP contribution in [0.1, 0.15) is 29.8 Å². The molecule has 5 rings (SSSR count). The van der Waals surface area contributed by atoms with Crippen LogP contribution in [-0.2, 0) is 6.42 Å². The maximum atomic E-state index is 13.5. The maximum Gasteiger partial charge on any atom is 0.262 e. The number of amides is 1. The van der Waals surface area contributed by atoms with Crippen LogP contribution in [0.3, 0.4) is 0 Å². The van der Waals surface area contributed by atoms with Gasteiger partial charge in [0.15, 0.2) is 5.82 Å². The average Bonchev–Trinajstić information content (AvgIpc) is 2.96. The molecule has 4 aromatic rings. The van der Waals surface area contributed by atoms with Gasteiger partial charge in [0.2, 0.25) is 0 Å². The third kappa shape index (κ3) is 3.75. The van der Waals surface area contributed by atoms with Gasteiger partial charge in [0.1, 0.15) is 11.6 Å². The van der Waals surface area contributed by atoms with Crippen LogP contribution >= 0.6 is 0 Å². The fourth-order valence-electron chi connectivity index (χ4n) is 4.26. The van der Waals surface area contributed by atoms with Gasteiger partial charge in [0.05, 0.1) is 23.4 Å². The van der Waals surface area contributed by atoms with Gasteiger partial charge in [-0.15, -0.1) is 0 Å². The number of pyridine rings is 3. The van der Waals surface area contributed by atoms with Gasteiger partial charge >= 0.3 is 0 Å². The minimum absolute atomic E-state index is 0.0619. The Bertz CT molecular complexity index is 1320. The lowest BCUT2D eigenvalue weighted by Crippen LogP contribution is -2.30. The van der Waals surface area contributed by atoms with Crippen molar-refractivity contribution in [3.63, 3.8) is 0 Å². The summed E-state index contributed by atoms with van der Waals surface area (Å²) >= 11 is 0. The van der Waals surface area contributed by atoms with Crippen LogP contribution in [0.25, 0.3) is 10.9 Å². The molecule has 7 nitrogen and oxygen atoms in total. The largest absolute Gasteiger partial charge is 0.492 e. The highest BCUT2D eigenvalue weighted by atomic mass is 16.5. The molecular weight excluding hydrogens is 414 g/mol. The first-order valence-corrected chi connectivity index (χ1v) is 11.2. The highest BCUT2D eigenvalue weighted by Crippen LogP contribution is 2.38. The molecule has 1 aliphatic rings. The minimum atomic E-state index is -0.0619. The van der Waals surface area contributed by atoms with E-state index in [-0.39, 0.29) is 5.91 Å². The van der Waals surface area contributed by atoms with Gasteiger partial charge in [-0.25, -0.2) is 9.97 Å². The summed E-state index contributed by atoms with van der Waals surface area (Å²) in [6, 6.07) is 15.5. The van der Waals surface area contributed by atoms with E-state index in [1.807, 2.05) is 73.5 Å². The molecule has 1 aromatic carbocycles. The van der Waals surface area contributed by atoms with Crippen molar-refractivity contribution >= 4 is 34.1 Å². The molecule has 0 aliphatic carbocycles. The van der Waals surface area contributed by atoms with Crippen LogP contribution in [-0.4, -0.2) is 40.6 Å². The minimum Gasteiger partial charge on any atom is -0.492 e. The molecule has 166 valence electrons. The summed E-state index contributed by atoms with van der Waals surface area (Å²) in [6.07, 6.45) is 5.96. The van der Waals surface area contributed by atoms with E-state index in [0.717, 1.165) is 33.7 Å². The van der Waals surface area contributed by atoms with Crippen molar-refractivity contribution in [3.05, 3.63) is 78.2 Å². The molecule has 7 heteroatoms. The van der Waals surface area contributed by atoms with E-state index < -0.39 is 0 Å². The second-order valence-corrected chi connectivity index (χ2v) is 7.78. The molecule has 1 aliphatic heterocycles. The van der Waals surface area contributed by atoms with Crippen molar-refractivity contribution in [2.24, 2.45) is 0 Å². The molecule has 0 saturated carbocycles. The summed E-state index contributed by atoms with van der Waals surface area (Å²) in [6.45, 7) is 5.69. The van der Waals surface area contributed by atoms with Gasteiger partial charge in [-0.3, -0.25) is 9.78 Å². The monoisotopic (exact) mass is 439 g/mol. The summed E-state index contributed by atoms with van der Waals surface area (Å²) in [5, 5.41) is 0.984. The third-order valence-electron chi connectivity index (χ3n) is 5.86. The zero-order valence-electron chi connectivity index (χ0n) is 18.7. The Hall–Kier alpha value is -4.00. The third-order valence-corrected chi connectivity index (χ3v) is 5.86. The molecule has 0 radical (unpaired) electrons. The zero-order valence-corrected chi connectivity index (χ0v) is 18.7. The highest BCUT2D eigenvalue weighted by molar-refractivity contribution is 6.12. The number of anilines is 3. The molecule has 0 bridgehead atoms. The number of aromatic nitrogens is 3. The normalized spacial score (nSPS) is 13.0. The number of nitrogens with zero attached hydrogens (tertiary/aromatic N) is 5. The molecule has 0 atom stereocenters. The summed E-state index contributed by atoms with van der Waals surface area (Å²) in [5.74, 6) is 2.13. The molecule has 4 heterocycles. The molecule has 33 heavy (non-hydrogen) atoms. The number of carbonyl (C=O) groups excluding carboxylic acids is 1. The molecule has 0 spiro atoms. The van der Waals surface area contributed by atoms with Crippen LogP contribution in [0.4, 0.5) is 17.3 Å². The fraction of sp³-hybridized carbons (Fsp3) is 0.231. The Morgan fingerprint density at radius 1 is 0.879 bits per heavy atom. The van der Waals surface area contributed by atoms with Crippen molar-refractivity contribution in [3.8, 4) is 5.75 Å². The van der Waals surface area contributed by atoms with Crippen LogP contribution in [0.15, 0.2) is 67.1 Å². The Labute approximate surface area is 192 Å². The van der Waals surface area contributed by atoms with Crippen LogP contribution in [0.5, 0.6) is 5.75 Å². The predicted octanol–water partition coefficient (Wildman–Crippen LogP) is 4.78. The average molecular weight is 440 g/mol. The molecule has 0 fully saturated rings. The Morgan fingerprint density at radius 2 is 1.73 bits per heavy atom. The van der Waals surface area contributed by atoms with Crippen molar-refractivity contribution < 1.29 is 9.53 Å². The van der Waals surface area contributed by atoms with E-state index in [0.29, 0.717) is 37.5 Å². The summed E-state index contributed by atoms with van der Waals surface area (Å²) in [5.41, 5.74) is 3.24. The standard InChI is InChI=1S/C26H25N5O2/c1-3-30-22-10-7-13-28-25(22)31(4-2)24-20(26(30)32)16-18(17-29-24)12-15-33-23-11-14-27-21-9-6-5-8-19(21)23/h5-11,13-14,16-17H,3-4,12,15H2,1-2H3. The summed E-state index contributed by atoms with van der Waals surface area (Å²) in [7, 11) is 0. The second kappa shape index (κ2) is 8.86. The summed E-state index contributed by atoms with van der Waals surface area (Å²) < 4.78 is 6.07. The van der Waals surface area contributed by atoms with Crippen LogP contribution in [0.2, 0.25) is 0 Å². The number of benzene rings is 1. The van der Waals surface area contributed by atoms with E-state index >= 15 is 0 Å². The Kier molecular flexibility index (Phi) is 5.60. The first-order valence-electron chi connectivity index (χ1n) is 11.2. The molecule has 3 aromatic heterocycles. The van der Waals surface area contributed by atoms with Crippen LogP contribution < -0.4 is 14.5 Å². The molecule has 0 unspecified atom stereocenters. The molecule has 0 saturated heterocycles. The van der Waals surface area contributed by atoms with Crippen molar-refractivity contribution in [1.29, 1.82) is 0 Å². The number of hydrogen-bond acceptors (Lipinski definition) is 6. The van der Waals surface area contributed by atoms with Gasteiger partial charge in [0, 0.05) is 43.5 Å². The fourth-order valence-corrected chi connectivity index (χ4v) is 4.26. The zero-order chi connectivity index (χ0) is 22.8. The van der Waals surface area contributed by atoms with Gasteiger partial charge in [-0.2, -0.15) is 0 Å². The number of ether oxygens (including phenoxy) is 1. The van der Waals surface area contributed by atoms with E-state index in [9.17, 15) is 4.79 Å². The number of fused-ring (bicyclic) bond motifs is 3. The number of hydrogen-bond donors (Lipinski definition) is 0. The van der Waals surface area contributed by atoms with Crippen LogP contribution in [0, 0.1) is 0 Å². The second-order valence-electron chi connectivity index (χ2n) is 7.78. The van der Waals surface area contributed by atoms with Gasteiger partial charge < -0.3 is 14.5 Å².